The van der Waals surface area contributed by atoms with Gasteiger partial charge < -0.3 is 15.0 Å². The van der Waals surface area contributed by atoms with E-state index >= 15 is 0 Å². The molecule has 0 saturated carbocycles. The second-order valence-corrected chi connectivity index (χ2v) is 5.70. The lowest BCUT2D eigenvalue weighted by atomic mass is 10.1. The van der Waals surface area contributed by atoms with Crippen molar-refractivity contribution in [2.45, 2.75) is 12.8 Å². The van der Waals surface area contributed by atoms with E-state index in [-0.39, 0.29) is 5.91 Å². The molecule has 0 bridgehead atoms. The van der Waals surface area contributed by atoms with Crippen molar-refractivity contribution in [3.8, 4) is 0 Å². The summed E-state index contributed by atoms with van der Waals surface area (Å²) < 4.78 is 5.33. The van der Waals surface area contributed by atoms with Crippen LogP contribution in [-0.4, -0.2) is 55.2 Å². The first-order chi connectivity index (χ1) is 10.8. The van der Waals surface area contributed by atoms with Gasteiger partial charge in [0.1, 0.15) is 0 Å². The average molecular weight is 301 g/mol. The molecule has 1 aromatic heterocycles. The molecule has 1 fully saturated rings. The fourth-order valence-corrected chi connectivity index (χ4v) is 2.78. The Labute approximate surface area is 130 Å². The first-order valence-electron chi connectivity index (χ1n) is 7.98. The number of carbonyl (C=O) groups is 1. The van der Waals surface area contributed by atoms with Crippen LogP contribution in [0.3, 0.4) is 0 Å². The van der Waals surface area contributed by atoms with E-state index in [2.05, 4.69) is 15.2 Å². The molecule has 22 heavy (non-hydrogen) atoms. The second-order valence-electron chi connectivity index (χ2n) is 5.70. The minimum atomic E-state index is 0.00877. The van der Waals surface area contributed by atoms with Crippen LogP contribution in [0.4, 0.5) is 0 Å². The van der Waals surface area contributed by atoms with Crippen LogP contribution in [-0.2, 0) is 4.74 Å². The molecule has 2 heterocycles. The van der Waals surface area contributed by atoms with E-state index in [1.807, 2.05) is 30.5 Å². The van der Waals surface area contributed by atoms with Crippen LogP contribution >= 0.6 is 0 Å². The fourth-order valence-electron chi connectivity index (χ4n) is 2.78. The highest BCUT2D eigenvalue weighted by atomic mass is 16.5. The summed E-state index contributed by atoms with van der Waals surface area (Å²) in [7, 11) is 0. The zero-order chi connectivity index (χ0) is 15.2. The number of nitrogens with one attached hydrogen (secondary N) is 2. The molecule has 1 aliphatic heterocycles. The summed E-state index contributed by atoms with van der Waals surface area (Å²) in [4.78, 5) is 17.7. The lowest BCUT2D eigenvalue weighted by Gasteiger charge is -2.26. The lowest BCUT2D eigenvalue weighted by molar-refractivity contribution is 0.0372. The van der Waals surface area contributed by atoms with E-state index in [9.17, 15) is 4.79 Å². The minimum absolute atomic E-state index is 0.00877. The molecule has 118 valence electrons. The molecule has 0 radical (unpaired) electrons. The molecule has 2 aromatic rings. The molecule has 0 aliphatic carbocycles. The van der Waals surface area contributed by atoms with Crippen molar-refractivity contribution in [3.05, 3.63) is 36.0 Å². The maximum Gasteiger partial charge on any atom is 0.251 e. The predicted molar refractivity (Wildman–Crippen MR) is 87.1 cm³/mol. The number of hydrogen-bond donors (Lipinski definition) is 2. The van der Waals surface area contributed by atoms with Crippen LogP contribution in [0.25, 0.3) is 10.9 Å². The van der Waals surface area contributed by atoms with Crippen molar-refractivity contribution in [1.82, 2.24) is 15.2 Å². The molecule has 3 rings (SSSR count). The first-order valence-corrected chi connectivity index (χ1v) is 7.98. The zero-order valence-electron chi connectivity index (χ0n) is 12.8. The minimum Gasteiger partial charge on any atom is -0.379 e. The number of benzene rings is 1. The second kappa shape index (κ2) is 7.42. The number of fused-ring (bicyclic) bond motifs is 1. The summed E-state index contributed by atoms with van der Waals surface area (Å²) in [5.74, 6) is 0.00877. The molecule has 0 unspecified atom stereocenters. The van der Waals surface area contributed by atoms with Crippen LogP contribution in [0.1, 0.15) is 23.2 Å². The average Bonchev–Trinajstić information content (AvgIpc) is 3.03. The molecule has 2 N–H and O–H groups in total. The fraction of sp³-hybridized carbons (Fsp3) is 0.471. The Morgan fingerprint density at radius 3 is 2.95 bits per heavy atom. The van der Waals surface area contributed by atoms with E-state index in [1.54, 1.807) is 0 Å². The number of aromatic nitrogens is 1. The molecule has 1 aliphatic rings. The molecular formula is C17H23N3O2. The highest BCUT2D eigenvalue weighted by Crippen LogP contribution is 2.14. The molecule has 5 heteroatoms. The van der Waals surface area contributed by atoms with Gasteiger partial charge in [0, 0.05) is 42.3 Å². The standard InChI is InChI=1S/C17H23N3O2/c21-17(15-3-4-16-14(13-15)5-7-18-16)19-6-1-2-8-20-9-11-22-12-10-20/h3-5,7,13,18H,1-2,6,8-12H2,(H,19,21). The Balaban J connectivity index is 1.38. The number of H-pyrrole nitrogens is 1. The SMILES string of the molecule is O=C(NCCCCN1CCOCC1)c1ccc2[nH]ccc2c1. The van der Waals surface area contributed by atoms with E-state index in [1.165, 1.54) is 0 Å². The van der Waals surface area contributed by atoms with Gasteiger partial charge in [-0.15, -0.1) is 0 Å². The monoisotopic (exact) mass is 301 g/mol. The third-order valence-electron chi connectivity index (χ3n) is 4.11. The number of morpholine rings is 1. The number of unbranched alkanes of at least 4 members (excludes halogenated alkanes) is 1. The van der Waals surface area contributed by atoms with Crippen molar-refractivity contribution < 1.29 is 9.53 Å². The molecule has 0 spiro atoms. The number of amides is 1. The Hall–Kier alpha value is -1.85. The normalized spacial score (nSPS) is 16.0. The first kappa shape index (κ1) is 15.1. The van der Waals surface area contributed by atoms with Gasteiger partial charge in [0.2, 0.25) is 0 Å². The summed E-state index contributed by atoms with van der Waals surface area (Å²) in [6, 6.07) is 7.72. The summed E-state index contributed by atoms with van der Waals surface area (Å²) in [6.45, 7) is 5.58. The number of aromatic amines is 1. The van der Waals surface area contributed by atoms with Gasteiger partial charge in [0.25, 0.3) is 5.91 Å². The topological polar surface area (TPSA) is 57.4 Å². The number of carbonyl (C=O) groups excluding carboxylic acids is 1. The molecule has 1 saturated heterocycles. The Morgan fingerprint density at radius 2 is 2.09 bits per heavy atom. The summed E-state index contributed by atoms with van der Waals surface area (Å²) in [6.07, 6.45) is 4.00. The van der Waals surface area contributed by atoms with E-state index in [4.69, 9.17) is 4.74 Å². The third-order valence-corrected chi connectivity index (χ3v) is 4.11. The summed E-state index contributed by atoms with van der Waals surface area (Å²) in [5, 5.41) is 4.07. The van der Waals surface area contributed by atoms with Crippen molar-refractivity contribution in [3.63, 3.8) is 0 Å². The van der Waals surface area contributed by atoms with Crippen LogP contribution in [0.15, 0.2) is 30.5 Å². The number of rotatable bonds is 6. The quantitative estimate of drug-likeness (QED) is 0.803. The Kier molecular flexibility index (Phi) is 5.08. The van der Waals surface area contributed by atoms with Crippen molar-refractivity contribution in [2.75, 3.05) is 39.4 Å². The van der Waals surface area contributed by atoms with E-state index in [0.29, 0.717) is 0 Å². The number of ether oxygens (including phenoxy) is 1. The van der Waals surface area contributed by atoms with Gasteiger partial charge in [0.15, 0.2) is 0 Å². The highest BCUT2D eigenvalue weighted by molar-refractivity contribution is 5.98. The number of nitrogens with zero attached hydrogens (tertiary/aromatic N) is 1. The highest BCUT2D eigenvalue weighted by Gasteiger charge is 2.09. The lowest BCUT2D eigenvalue weighted by Crippen LogP contribution is -2.37. The summed E-state index contributed by atoms with van der Waals surface area (Å²) in [5.41, 5.74) is 1.78. The van der Waals surface area contributed by atoms with E-state index < -0.39 is 0 Å². The third kappa shape index (κ3) is 3.87. The van der Waals surface area contributed by atoms with Crippen LogP contribution in [0.5, 0.6) is 0 Å². The Morgan fingerprint density at radius 1 is 1.23 bits per heavy atom. The summed E-state index contributed by atoms with van der Waals surface area (Å²) >= 11 is 0. The Bertz CT molecular complexity index is 617. The van der Waals surface area contributed by atoms with Gasteiger partial charge in [-0.05, 0) is 43.7 Å². The van der Waals surface area contributed by atoms with Crippen molar-refractivity contribution in [2.24, 2.45) is 0 Å². The van der Waals surface area contributed by atoms with Crippen molar-refractivity contribution in [1.29, 1.82) is 0 Å². The maximum absolute atomic E-state index is 12.1. The largest absolute Gasteiger partial charge is 0.379 e. The molecule has 1 amide bonds. The van der Waals surface area contributed by atoms with Gasteiger partial charge >= 0.3 is 0 Å². The van der Waals surface area contributed by atoms with Gasteiger partial charge in [-0.2, -0.15) is 0 Å². The van der Waals surface area contributed by atoms with Crippen molar-refractivity contribution >= 4 is 16.8 Å². The van der Waals surface area contributed by atoms with Crippen LogP contribution in [0, 0.1) is 0 Å². The number of hydrogen-bond acceptors (Lipinski definition) is 3. The smallest absolute Gasteiger partial charge is 0.251 e. The van der Waals surface area contributed by atoms with Crippen LogP contribution in [0.2, 0.25) is 0 Å². The van der Waals surface area contributed by atoms with Gasteiger partial charge in [0.05, 0.1) is 13.2 Å². The van der Waals surface area contributed by atoms with Crippen LogP contribution < -0.4 is 5.32 Å². The maximum atomic E-state index is 12.1. The van der Waals surface area contributed by atoms with E-state index in [0.717, 1.165) is 68.7 Å². The van der Waals surface area contributed by atoms with Gasteiger partial charge in [-0.25, -0.2) is 0 Å². The molecular weight excluding hydrogens is 278 g/mol. The molecule has 0 atom stereocenters. The molecule has 1 aromatic carbocycles. The molecule has 5 nitrogen and oxygen atoms in total. The predicted octanol–water partition coefficient (Wildman–Crippen LogP) is 2.01. The van der Waals surface area contributed by atoms with Gasteiger partial charge in [-0.3, -0.25) is 9.69 Å². The van der Waals surface area contributed by atoms with Gasteiger partial charge in [-0.1, -0.05) is 0 Å². The zero-order valence-corrected chi connectivity index (χ0v) is 12.8.